The first-order valence-corrected chi connectivity index (χ1v) is 6.03. The zero-order valence-electron chi connectivity index (χ0n) is 10.0. The maximum atomic E-state index is 12.6. The SMILES string of the molecule is CCCCNC(=O)N1CC(C(F)F)C[C@H](O)C1. The molecule has 2 amide bonds. The van der Waals surface area contributed by atoms with Gasteiger partial charge >= 0.3 is 6.03 Å². The average molecular weight is 250 g/mol. The van der Waals surface area contributed by atoms with Crippen molar-refractivity contribution in [1.29, 1.82) is 0 Å². The summed E-state index contributed by atoms with van der Waals surface area (Å²) < 4.78 is 25.1. The molecule has 1 unspecified atom stereocenters. The molecule has 1 heterocycles. The zero-order valence-corrected chi connectivity index (χ0v) is 10.0. The van der Waals surface area contributed by atoms with Crippen molar-refractivity contribution in [2.24, 2.45) is 5.92 Å². The van der Waals surface area contributed by atoms with E-state index >= 15 is 0 Å². The van der Waals surface area contributed by atoms with Crippen LogP contribution >= 0.6 is 0 Å². The molecule has 0 saturated carbocycles. The van der Waals surface area contributed by atoms with E-state index in [0.717, 1.165) is 12.8 Å². The van der Waals surface area contributed by atoms with Gasteiger partial charge in [0.25, 0.3) is 0 Å². The first-order chi connectivity index (χ1) is 8.04. The quantitative estimate of drug-likeness (QED) is 0.742. The van der Waals surface area contributed by atoms with Crippen LogP contribution in [0.25, 0.3) is 0 Å². The first-order valence-electron chi connectivity index (χ1n) is 6.03. The van der Waals surface area contributed by atoms with Crippen LogP contribution in [0.2, 0.25) is 0 Å². The molecule has 0 aromatic heterocycles. The Kier molecular flexibility index (Phi) is 5.61. The van der Waals surface area contributed by atoms with Gasteiger partial charge in [0.1, 0.15) is 0 Å². The number of carbonyl (C=O) groups is 1. The van der Waals surface area contributed by atoms with Gasteiger partial charge in [0.05, 0.1) is 6.10 Å². The lowest BCUT2D eigenvalue weighted by atomic mass is 9.97. The highest BCUT2D eigenvalue weighted by atomic mass is 19.3. The molecule has 17 heavy (non-hydrogen) atoms. The number of urea groups is 1. The van der Waals surface area contributed by atoms with Gasteiger partial charge in [-0.1, -0.05) is 13.3 Å². The predicted octanol–water partition coefficient (Wildman–Crippen LogP) is 1.44. The summed E-state index contributed by atoms with van der Waals surface area (Å²) in [4.78, 5) is 12.9. The molecule has 1 saturated heterocycles. The van der Waals surface area contributed by atoms with E-state index in [0.29, 0.717) is 6.54 Å². The van der Waals surface area contributed by atoms with Gasteiger partial charge in [-0.05, 0) is 12.8 Å². The van der Waals surface area contributed by atoms with E-state index < -0.39 is 18.4 Å². The van der Waals surface area contributed by atoms with Crippen molar-refractivity contribution in [3.05, 3.63) is 0 Å². The number of amides is 2. The summed E-state index contributed by atoms with van der Waals surface area (Å²) in [6.07, 6.45) is -1.45. The lowest BCUT2D eigenvalue weighted by Crippen LogP contribution is -2.51. The molecule has 1 aliphatic heterocycles. The van der Waals surface area contributed by atoms with Gasteiger partial charge in [-0.3, -0.25) is 0 Å². The van der Waals surface area contributed by atoms with Crippen molar-refractivity contribution in [2.75, 3.05) is 19.6 Å². The number of hydrogen-bond acceptors (Lipinski definition) is 2. The molecule has 0 radical (unpaired) electrons. The molecule has 6 heteroatoms. The van der Waals surface area contributed by atoms with E-state index in [1.165, 1.54) is 4.90 Å². The highest BCUT2D eigenvalue weighted by Crippen LogP contribution is 2.22. The molecule has 2 atom stereocenters. The number of aliphatic hydroxyl groups excluding tert-OH is 1. The second kappa shape index (κ2) is 6.74. The number of likely N-dealkylation sites (tertiary alicyclic amines) is 1. The Morgan fingerprint density at radius 3 is 2.82 bits per heavy atom. The van der Waals surface area contributed by atoms with E-state index in [1.54, 1.807) is 0 Å². The molecule has 0 aromatic carbocycles. The smallest absolute Gasteiger partial charge is 0.317 e. The Morgan fingerprint density at radius 2 is 2.24 bits per heavy atom. The molecule has 1 fully saturated rings. The molecule has 0 aliphatic carbocycles. The number of piperidine rings is 1. The van der Waals surface area contributed by atoms with Gasteiger partial charge in [-0.15, -0.1) is 0 Å². The maximum absolute atomic E-state index is 12.6. The molecular formula is C11H20F2N2O2. The normalized spacial score (nSPS) is 25.1. The van der Waals surface area contributed by atoms with Gasteiger partial charge in [-0.25, -0.2) is 13.6 Å². The highest BCUT2D eigenvalue weighted by Gasteiger charge is 2.33. The Hall–Kier alpha value is -0.910. The number of carbonyl (C=O) groups excluding carboxylic acids is 1. The molecule has 1 aliphatic rings. The van der Waals surface area contributed by atoms with E-state index in [2.05, 4.69) is 5.32 Å². The standard InChI is InChI=1S/C11H20F2N2O2/c1-2-3-4-14-11(17)15-6-8(10(12)13)5-9(16)7-15/h8-10,16H,2-7H2,1H3,(H,14,17)/t8?,9-/m0/s1. The number of unbranched alkanes of at least 4 members (excludes halogenated alkanes) is 1. The summed E-state index contributed by atoms with van der Waals surface area (Å²) in [5.74, 6) is -0.921. The fourth-order valence-corrected chi connectivity index (χ4v) is 1.94. The summed E-state index contributed by atoms with van der Waals surface area (Å²) in [6.45, 7) is 2.71. The van der Waals surface area contributed by atoms with Gasteiger partial charge < -0.3 is 15.3 Å². The van der Waals surface area contributed by atoms with Crippen molar-refractivity contribution in [3.63, 3.8) is 0 Å². The number of β-amino-alcohol motifs (C(OH)–C–C–N with tert-alkyl or cyclic N) is 1. The van der Waals surface area contributed by atoms with Crippen LogP contribution in [-0.4, -0.2) is 48.2 Å². The van der Waals surface area contributed by atoms with Gasteiger partial charge in [0.2, 0.25) is 6.43 Å². The Balaban J connectivity index is 2.43. The minimum atomic E-state index is -2.49. The fourth-order valence-electron chi connectivity index (χ4n) is 1.94. The summed E-state index contributed by atoms with van der Waals surface area (Å²) in [5.41, 5.74) is 0. The Morgan fingerprint density at radius 1 is 1.53 bits per heavy atom. The molecule has 100 valence electrons. The number of nitrogens with zero attached hydrogens (tertiary/aromatic N) is 1. The van der Waals surface area contributed by atoms with Gasteiger partial charge in [-0.2, -0.15) is 0 Å². The third-order valence-electron chi connectivity index (χ3n) is 2.91. The number of aliphatic hydroxyl groups is 1. The molecule has 1 rings (SSSR count). The molecule has 4 nitrogen and oxygen atoms in total. The Bertz CT molecular complexity index is 252. The second-order valence-electron chi connectivity index (χ2n) is 4.47. The van der Waals surface area contributed by atoms with E-state index in [1.807, 2.05) is 6.92 Å². The average Bonchev–Trinajstić information content (AvgIpc) is 2.28. The van der Waals surface area contributed by atoms with Crippen molar-refractivity contribution in [2.45, 2.75) is 38.7 Å². The van der Waals surface area contributed by atoms with Crippen molar-refractivity contribution in [3.8, 4) is 0 Å². The topological polar surface area (TPSA) is 52.6 Å². The number of alkyl halides is 2. The molecule has 0 aromatic rings. The molecular weight excluding hydrogens is 230 g/mol. The summed E-state index contributed by atoms with van der Waals surface area (Å²) in [5, 5.41) is 12.1. The van der Waals surface area contributed by atoms with Gasteiger partial charge in [0, 0.05) is 25.6 Å². The molecule has 0 spiro atoms. The summed E-state index contributed by atoms with van der Waals surface area (Å²) >= 11 is 0. The van der Waals surface area contributed by atoms with Crippen molar-refractivity contribution >= 4 is 6.03 Å². The van der Waals surface area contributed by atoms with Crippen LogP contribution in [0.1, 0.15) is 26.2 Å². The van der Waals surface area contributed by atoms with Crippen molar-refractivity contribution < 1.29 is 18.7 Å². The third kappa shape index (κ3) is 4.46. The number of rotatable bonds is 4. The van der Waals surface area contributed by atoms with Crippen LogP contribution in [0.5, 0.6) is 0 Å². The van der Waals surface area contributed by atoms with Crippen LogP contribution < -0.4 is 5.32 Å². The predicted molar refractivity (Wildman–Crippen MR) is 60.0 cm³/mol. The maximum Gasteiger partial charge on any atom is 0.317 e. The number of hydrogen-bond donors (Lipinski definition) is 2. The minimum Gasteiger partial charge on any atom is -0.391 e. The highest BCUT2D eigenvalue weighted by molar-refractivity contribution is 5.74. The monoisotopic (exact) mass is 250 g/mol. The first kappa shape index (κ1) is 14.2. The van der Waals surface area contributed by atoms with E-state index in [9.17, 15) is 18.7 Å². The number of halogens is 2. The van der Waals surface area contributed by atoms with E-state index in [4.69, 9.17) is 0 Å². The van der Waals surface area contributed by atoms with Crippen LogP contribution in [0.3, 0.4) is 0 Å². The minimum absolute atomic E-state index is 0.0205. The van der Waals surface area contributed by atoms with Gasteiger partial charge in [0.15, 0.2) is 0 Å². The van der Waals surface area contributed by atoms with Crippen LogP contribution in [0.15, 0.2) is 0 Å². The van der Waals surface area contributed by atoms with Crippen LogP contribution in [0, 0.1) is 5.92 Å². The van der Waals surface area contributed by atoms with Crippen LogP contribution in [0.4, 0.5) is 13.6 Å². The van der Waals surface area contributed by atoms with Crippen LogP contribution in [-0.2, 0) is 0 Å². The largest absolute Gasteiger partial charge is 0.391 e. The lowest BCUT2D eigenvalue weighted by Gasteiger charge is -2.35. The van der Waals surface area contributed by atoms with Crippen molar-refractivity contribution in [1.82, 2.24) is 10.2 Å². The lowest BCUT2D eigenvalue weighted by molar-refractivity contribution is -0.0130. The van der Waals surface area contributed by atoms with E-state index in [-0.39, 0.29) is 25.5 Å². The molecule has 2 N–H and O–H groups in total. The fraction of sp³-hybridized carbons (Fsp3) is 0.909. The third-order valence-corrected chi connectivity index (χ3v) is 2.91. The second-order valence-corrected chi connectivity index (χ2v) is 4.47. The molecule has 0 bridgehead atoms. The summed E-state index contributed by atoms with van der Waals surface area (Å²) in [6, 6.07) is -0.358. The number of nitrogens with one attached hydrogen (secondary N) is 1. The zero-order chi connectivity index (χ0) is 12.8. The Labute approximate surface area is 100.0 Å². The summed E-state index contributed by atoms with van der Waals surface area (Å²) in [7, 11) is 0.